The van der Waals surface area contributed by atoms with Gasteiger partial charge in [0.15, 0.2) is 0 Å². The smallest absolute Gasteiger partial charge is 0.219 e. The van der Waals surface area contributed by atoms with Gasteiger partial charge in [0.05, 0.1) is 5.69 Å². The van der Waals surface area contributed by atoms with Crippen molar-refractivity contribution in [2.45, 2.75) is 32.4 Å². The summed E-state index contributed by atoms with van der Waals surface area (Å²) in [4.78, 5) is 15.2. The second-order valence-electron chi connectivity index (χ2n) is 4.46. The van der Waals surface area contributed by atoms with Crippen molar-refractivity contribution >= 4 is 37.8 Å². The first-order chi connectivity index (χ1) is 7.80. The van der Waals surface area contributed by atoms with E-state index in [0.717, 1.165) is 14.6 Å². The first-order valence-corrected chi connectivity index (χ1v) is 6.72. The average molecular weight is 365 g/mol. The average Bonchev–Trinajstić information content (AvgIpc) is 2.14. The number of hydrogen-bond donors (Lipinski definition) is 2. The Bertz CT molecular complexity index is 421. The van der Waals surface area contributed by atoms with Gasteiger partial charge in [-0.15, -0.1) is 0 Å². The Morgan fingerprint density at radius 1 is 1.53 bits per heavy atom. The number of primary amides is 1. The molecule has 0 aliphatic carbocycles. The Kier molecular flexibility index (Phi) is 5.09. The molecule has 1 rings (SSSR count). The molecule has 0 aromatic carbocycles. The van der Waals surface area contributed by atoms with Crippen LogP contribution in [-0.2, 0) is 11.3 Å². The highest BCUT2D eigenvalue weighted by Gasteiger charge is 2.20. The molecule has 1 aromatic heterocycles. The van der Waals surface area contributed by atoms with E-state index in [9.17, 15) is 4.79 Å². The second kappa shape index (κ2) is 5.93. The van der Waals surface area contributed by atoms with Crippen molar-refractivity contribution in [3.05, 3.63) is 26.9 Å². The molecule has 0 spiro atoms. The minimum absolute atomic E-state index is 0.293. The normalized spacial score (nSPS) is 11.5. The van der Waals surface area contributed by atoms with E-state index in [1.54, 1.807) is 6.20 Å². The van der Waals surface area contributed by atoms with Gasteiger partial charge in [0.2, 0.25) is 5.91 Å². The minimum atomic E-state index is -0.333. The molecule has 0 aliphatic heterocycles. The maximum absolute atomic E-state index is 10.9. The molecule has 1 heterocycles. The van der Waals surface area contributed by atoms with Crippen LogP contribution in [-0.4, -0.2) is 16.4 Å². The van der Waals surface area contributed by atoms with Crippen molar-refractivity contribution in [1.29, 1.82) is 0 Å². The molecule has 0 bridgehead atoms. The van der Waals surface area contributed by atoms with Crippen LogP contribution in [0.2, 0.25) is 0 Å². The molecule has 0 saturated heterocycles. The van der Waals surface area contributed by atoms with Crippen LogP contribution < -0.4 is 11.1 Å². The number of nitrogens with two attached hydrogens (primary N) is 1. The first kappa shape index (κ1) is 14.6. The number of amides is 1. The van der Waals surface area contributed by atoms with E-state index in [-0.39, 0.29) is 11.4 Å². The third kappa shape index (κ3) is 5.14. The summed E-state index contributed by atoms with van der Waals surface area (Å²) in [5.74, 6) is -0.315. The summed E-state index contributed by atoms with van der Waals surface area (Å²) >= 11 is 6.79. The van der Waals surface area contributed by atoms with E-state index >= 15 is 0 Å². The summed E-state index contributed by atoms with van der Waals surface area (Å²) in [7, 11) is 0. The van der Waals surface area contributed by atoms with E-state index in [4.69, 9.17) is 5.73 Å². The highest BCUT2D eigenvalue weighted by atomic mass is 79.9. The molecule has 94 valence electrons. The summed E-state index contributed by atoms with van der Waals surface area (Å²) in [6.07, 6.45) is 2.03. The fraction of sp³-hybridized carbons (Fsp3) is 0.455. The van der Waals surface area contributed by atoms with E-state index < -0.39 is 0 Å². The molecule has 0 fully saturated rings. The number of halogens is 2. The lowest BCUT2D eigenvalue weighted by atomic mass is 10.0. The molecule has 0 atom stereocenters. The van der Waals surface area contributed by atoms with E-state index in [1.165, 1.54) is 0 Å². The topological polar surface area (TPSA) is 68.0 Å². The van der Waals surface area contributed by atoms with Gasteiger partial charge >= 0.3 is 0 Å². The number of carbonyl (C=O) groups excluding carboxylic acids is 1. The molecule has 1 amide bonds. The summed E-state index contributed by atoms with van der Waals surface area (Å²) in [5, 5.41) is 3.26. The fourth-order valence-electron chi connectivity index (χ4n) is 1.39. The Morgan fingerprint density at radius 3 is 2.71 bits per heavy atom. The monoisotopic (exact) mass is 363 g/mol. The molecule has 6 heteroatoms. The zero-order valence-electron chi connectivity index (χ0n) is 9.76. The van der Waals surface area contributed by atoms with Gasteiger partial charge in [-0.3, -0.25) is 9.78 Å². The Labute approximate surface area is 118 Å². The van der Waals surface area contributed by atoms with Crippen LogP contribution in [0.3, 0.4) is 0 Å². The van der Waals surface area contributed by atoms with Crippen molar-refractivity contribution in [1.82, 2.24) is 10.3 Å². The van der Waals surface area contributed by atoms with Crippen LogP contribution in [0, 0.1) is 0 Å². The molecule has 1 aromatic rings. The van der Waals surface area contributed by atoms with Crippen molar-refractivity contribution in [3.63, 3.8) is 0 Å². The predicted molar refractivity (Wildman–Crippen MR) is 74.4 cm³/mol. The highest BCUT2D eigenvalue weighted by Crippen LogP contribution is 2.20. The van der Waals surface area contributed by atoms with E-state index in [0.29, 0.717) is 13.0 Å². The van der Waals surface area contributed by atoms with Gasteiger partial charge in [0, 0.05) is 33.6 Å². The van der Waals surface area contributed by atoms with Crippen LogP contribution in [0.5, 0.6) is 0 Å². The van der Waals surface area contributed by atoms with Crippen molar-refractivity contribution in [2.24, 2.45) is 5.73 Å². The molecule has 0 unspecified atom stereocenters. The van der Waals surface area contributed by atoms with Crippen LogP contribution in [0.25, 0.3) is 0 Å². The third-order valence-electron chi connectivity index (χ3n) is 2.23. The van der Waals surface area contributed by atoms with Crippen molar-refractivity contribution in [3.8, 4) is 0 Å². The van der Waals surface area contributed by atoms with E-state index in [2.05, 4.69) is 42.2 Å². The number of rotatable bonds is 5. The molecule has 0 radical (unpaired) electrons. The van der Waals surface area contributed by atoms with Gasteiger partial charge in [-0.25, -0.2) is 0 Å². The van der Waals surface area contributed by atoms with Gasteiger partial charge in [0.1, 0.15) is 0 Å². The predicted octanol–water partition coefficient (Wildman–Crippen LogP) is 2.35. The standard InChI is InChI=1S/C11H15Br2N3O/c1-11(2,4-10(14)17)16-6-9-8(13)3-7(12)5-15-9/h3,5,16H,4,6H2,1-2H3,(H2,14,17). The van der Waals surface area contributed by atoms with E-state index in [1.807, 2.05) is 19.9 Å². The minimum Gasteiger partial charge on any atom is -0.370 e. The van der Waals surface area contributed by atoms with Crippen LogP contribution in [0.15, 0.2) is 21.2 Å². The lowest BCUT2D eigenvalue weighted by Gasteiger charge is -2.24. The van der Waals surface area contributed by atoms with Crippen LogP contribution in [0.1, 0.15) is 26.0 Å². The summed E-state index contributed by atoms with van der Waals surface area (Å²) < 4.78 is 1.85. The molecule has 17 heavy (non-hydrogen) atoms. The maximum Gasteiger partial charge on any atom is 0.219 e. The molecular formula is C11H15Br2N3O. The summed E-state index contributed by atoms with van der Waals surface area (Å²) in [6, 6.07) is 1.94. The molecule has 0 aliphatic rings. The Hall–Kier alpha value is -0.460. The second-order valence-corrected chi connectivity index (χ2v) is 6.23. The fourth-order valence-corrected chi connectivity index (χ4v) is 2.52. The van der Waals surface area contributed by atoms with Gasteiger partial charge < -0.3 is 11.1 Å². The van der Waals surface area contributed by atoms with Crippen LogP contribution >= 0.6 is 31.9 Å². The molecule has 4 nitrogen and oxygen atoms in total. The largest absolute Gasteiger partial charge is 0.370 e. The molecular weight excluding hydrogens is 350 g/mol. The van der Waals surface area contributed by atoms with Crippen molar-refractivity contribution < 1.29 is 4.79 Å². The molecule has 0 saturated carbocycles. The van der Waals surface area contributed by atoms with Crippen LogP contribution in [0.4, 0.5) is 0 Å². The number of nitrogens with zero attached hydrogens (tertiary/aromatic N) is 1. The van der Waals surface area contributed by atoms with Gasteiger partial charge in [-0.05, 0) is 51.8 Å². The quantitative estimate of drug-likeness (QED) is 0.842. The van der Waals surface area contributed by atoms with Gasteiger partial charge in [-0.1, -0.05) is 0 Å². The number of hydrogen-bond acceptors (Lipinski definition) is 3. The van der Waals surface area contributed by atoms with Gasteiger partial charge in [0.25, 0.3) is 0 Å². The van der Waals surface area contributed by atoms with Gasteiger partial charge in [-0.2, -0.15) is 0 Å². The SMILES string of the molecule is CC(C)(CC(N)=O)NCc1ncc(Br)cc1Br. The molecule has 3 N–H and O–H groups in total. The lowest BCUT2D eigenvalue weighted by molar-refractivity contribution is -0.119. The first-order valence-electron chi connectivity index (χ1n) is 5.13. The number of carbonyl (C=O) groups is 1. The van der Waals surface area contributed by atoms with Crippen molar-refractivity contribution in [2.75, 3.05) is 0 Å². The lowest BCUT2D eigenvalue weighted by Crippen LogP contribution is -2.42. The summed E-state index contributed by atoms with van der Waals surface area (Å²) in [5.41, 5.74) is 5.75. The third-order valence-corrected chi connectivity index (χ3v) is 3.35. The number of pyridine rings is 1. The zero-order chi connectivity index (χ0) is 13.1. The highest BCUT2D eigenvalue weighted by molar-refractivity contribution is 9.11. The summed E-state index contributed by atoms with van der Waals surface area (Å²) in [6.45, 7) is 4.45. The number of nitrogens with one attached hydrogen (secondary N) is 1. The Morgan fingerprint density at radius 2 is 2.18 bits per heavy atom. The number of aromatic nitrogens is 1. The Balaban J connectivity index is 2.64. The maximum atomic E-state index is 10.9. The zero-order valence-corrected chi connectivity index (χ0v) is 12.9.